The molecular formula is C10H15BP. The van der Waals surface area contributed by atoms with Crippen molar-refractivity contribution in [1.29, 1.82) is 0 Å². The Morgan fingerprint density at radius 1 is 1.08 bits per heavy atom. The van der Waals surface area contributed by atoms with Crippen LogP contribution in [-0.4, -0.2) is 7.00 Å². The second-order valence-corrected chi connectivity index (χ2v) is 5.18. The van der Waals surface area contributed by atoms with E-state index in [9.17, 15) is 0 Å². The molecule has 0 bridgehead atoms. The van der Waals surface area contributed by atoms with Crippen molar-refractivity contribution in [3.05, 3.63) is 30.3 Å². The van der Waals surface area contributed by atoms with Crippen LogP contribution in [0.2, 0.25) is 5.31 Å². The van der Waals surface area contributed by atoms with Gasteiger partial charge in [-0.2, -0.15) is 0 Å². The molecule has 0 aliphatic carbocycles. The SMILES string of the molecule is CC(C)(C)[B]Pc1ccccc1. The maximum absolute atomic E-state index is 2.38. The predicted octanol–water partition coefficient (Wildman–Crippen LogP) is 2.83. The summed E-state index contributed by atoms with van der Waals surface area (Å²) < 4.78 is 0. The molecule has 0 amide bonds. The van der Waals surface area contributed by atoms with Crippen LogP contribution in [0.5, 0.6) is 0 Å². The van der Waals surface area contributed by atoms with Crippen LogP contribution in [0.1, 0.15) is 20.8 Å². The zero-order valence-electron chi connectivity index (χ0n) is 7.96. The summed E-state index contributed by atoms with van der Waals surface area (Å²) in [6, 6.07) is 10.6. The summed E-state index contributed by atoms with van der Waals surface area (Å²) >= 11 is 0. The molecule has 1 unspecified atom stereocenters. The van der Waals surface area contributed by atoms with Crippen LogP contribution < -0.4 is 5.30 Å². The maximum Gasteiger partial charge on any atom is 0.154 e. The first kappa shape index (κ1) is 9.80. The maximum atomic E-state index is 2.38. The summed E-state index contributed by atoms with van der Waals surface area (Å²) in [6.45, 7) is 9.09. The average Bonchev–Trinajstić information content (AvgIpc) is 2.02. The van der Waals surface area contributed by atoms with Gasteiger partial charge in [0.1, 0.15) is 0 Å². The van der Waals surface area contributed by atoms with Gasteiger partial charge < -0.3 is 0 Å². The molecular weight excluding hydrogens is 162 g/mol. The number of rotatable bonds is 2. The van der Waals surface area contributed by atoms with Crippen molar-refractivity contribution in [2.24, 2.45) is 0 Å². The minimum Gasteiger partial charge on any atom is -0.131 e. The van der Waals surface area contributed by atoms with Crippen molar-refractivity contribution >= 4 is 20.8 Å². The fraction of sp³-hybridized carbons (Fsp3) is 0.400. The molecule has 0 heterocycles. The van der Waals surface area contributed by atoms with Crippen molar-refractivity contribution < 1.29 is 0 Å². The third kappa shape index (κ3) is 3.92. The van der Waals surface area contributed by atoms with Crippen LogP contribution in [0.4, 0.5) is 0 Å². The lowest BCUT2D eigenvalue weighted by atomic mass is 9.73. The molecule has 0 N–H and O–H groups in total. The van der Waals surface area contributed by atoms with Crippen LogP contribution >= 0.6 is 8.46 Å². The fourth-order valence-electron chi connectivity index (χ4n) is 0.834. The van der Waals surface area contributed by atoms with E-state index >= 15 is 0 Å². The third-order valence-electron chi connectivity index (χ3n) is 1.45. The summed E-state index contributed by atoms with van der Waals surface area (Å²) in [4.78, 5) is 0. The molecule has 0 aromatic heterocycles. The van der Waals surface area contributed by atoms with E-state index in [1.807, 2.05) is 0 Å². The van der Waals surface area contributed by atoms with E-state index in [1.165, 1.54) is 5.30 Å². The number of hydrogen-bond donors (Lipinski definition) is 0. The third-order valence-corrected chi connectivity index (χ3v) is 3.12. The molecule has 0 spiro atoms. The van der Waals surface area contributed by atoms with Crippen molar-refractivity contribution in [3.8, 4) is 0 Å². The summed E-state index contributed by atoms with van der Waals surface area (Å²) in [5.41, 5.74) is 0. The van der Waals surface area contributed by atoms with Gasteiger partial charge in [0.25, 0.3) is 0 Å². The van der Waals surface area contributed by atoms with E-state index in [1.54, 1.807) is 0 Å². The van der Waals surface area contributed by atoms with Gasteiger partial charge in [0, 0.05) is 0 Å². The van der Waals surface area contributed by atoms with Crippen molar-refractivity contribution in [2.45, 2.75) is 26.1 Å². The highest BCUT2D eigenvalue weighted by atomic mass is 31.1. The molecule has 1 radical (unpaired) electrons. The normalized spacial score (nSPS) is 12.2. The van der Waals surface area contributed by atoms with Gasteiger partial charge in [-0.05, 0) is 5.30 Å². The van der Waals surface area contributed by atoms with E-state index in [2.05, 4.69) is 58.1 Å². The molecule has 0 saturated heterocycles. The highest BCUT2D eigenvalue weighted by Crippen LogP contribution is 2.27. The quantitative estimate of drug-likeness (QED) is 0.481. The van der Waals surface area contributed by atoms with Gasteiger partial charge in [0.15, 0.2) is 7.00 Å². The molecule has 0 saturated carbocycles. The van der Waals surface area contributed by atoms with Gasteiger partial charge in [-0.3, -0.25) is 0 Å². The zero-order chi connectivity index (χ0) is 9.03. The number of benzene rings is 1. The standard InChI is InChI=1S/C10H15BP/c1-10(2,3)11-12-9-7-5-4-6-8-9/h4-8,12H,1-3H3. The monoisotopic (exact) mass is 177 g/mol. The average molecular weight is 177 g/mol. The highest BCUT2D eigenvalue weighted by molar-refractivity contribution is 7.77. The Morgan fingerprint density at radius 2 is 1.67 bits per heavy atom. The van der Waals surface area contributed by atoms with Gasteiger partial charge in [-0.15, -0.1) is 8.46 Å². The minimum absolute atomic E-state index is 0.342. The topological polar surface area (TPSA) is 0 Å². The molecule has 1 rings (SSSR count). The van der Waals surface area contributed by atoms with Gasteiger partial charge in [0.05, 0.1) is 0 Å². The Balaban J connectivity index is 2.44. The predicted molar refractivity (Wildman–Crippen MR) is 59.9 cm³/mol. The summed E-state index contributed by atoms with van der Waals surface area (Å²) in [5.74, 6) is 0. The second kappa shape index (κ2) is 4.09. The summed E-state index contributed by atoms with van der Waals surface area (Å²) in [5, 5.41) is 1.77. The Kier molecular flexibility index (Phi) is 3.34. The van der Waals surface area contributed by atoms with E-state index in [-0.39, 0.29) is 0 Å². The molecule has 0 aliphatic rings. The van der Waals surface area contributed by atoms with E-state index in [0.717, 1.165) is 8.46 Å². The van der Waals surface area contributed by atoms with Crippen LogP contribution in [-0.2, 0) is 0 Å². The molecule has 0 nitrogen and oxygen atoms in total. The van der Waals surface area contributed by atoms with Crippen LogP contribution in [0.15, 0.2) is 30.3 Å². The van der Waals surface area contributed by atoms with Crippen molar-refractivity contribution in [1.82, 2.24) is 0 Å². The lowest BCUT2D eigenvalue weighted by Gasteiger charge is -2.15. The largest absolute Gasteiger partial charge is 0.154 e. The molecule has 63 valence electrons. The van der Waals surface area contributed by atoms with Crippen molar-refractivity contribution in [2.75, 3.05) is 0 Å². The fourth-order valence-corrected chi connectivity index (χ4v) is 1.82. The van der Waals surface area contributed by atoms with Gasteiger partial charge in [0.2, 0.25) is 0 Å². The Bertz CT molecular complexity index is 225. The Morgan fingerprint density at radius 3 is 2.17 bits per heavy atom. The Hall–Kier alpha value is -0.285. The van der Waals surface area contributed by atoms with Gasteiger partial charge in [-0.25, -0.2) is 0 Å². The first-order valence-corrected chi connectivity index (χ1v) is 5.32. The second-order valence-electron chi connectivity index (χ2n) is 4.02. The molecule has 2 heteroatoms. The molecule has 1 aromatic carbocycles. The van der Waals surface area contributed by atoms with Crippen LogP contribution in [0, 0.1) is 0 Å². The highest BCUT2D eigenvalue weighted by Gasteiger charge is 2.11. The van der Waals surface area contributed by atoms with Crippen LogP contribution in [0.25, 0.3) is 0 Å². The summed E-state index contributed by atoms with van der Waals surface area (Å²) in [7, 11) is 0.831. The molecule has 1 aromatic rings. The van der Waals surface area contributed by atoms with Gasteiger partial charge >= 0.3 is 0 Å². The van der Waals surface area contributed by atoms with Crippen molar-refractivity contribution in [3.63, 3.8) is 0 Å². The molecule has 12 heavy (non-hydrogen) atoms. The lowest BCUT2D eigenvalue weighted by molar-refractivity contribution is 0.763. The first-order valence-electron chi connectivity index (χ1n) is 4.24. The smallest absolute Gasteiger partial charge is 0.131 e. The lowest BCUT2D eigenvalue weighted by Crippen LogP contribution is -2.06. The van der Waals surface area contributed by atoms with Gasteiger partial charge in [-0.1, -0.05) is 56.4 Å². The molecule has 1 atom stereocenters. The van der Waals surface area contributed by atoms with E-state index in [4.69, 9.17) is 0 Å². The van der Waals surface area contributed by atoms with Crippen LogP contribution in [0.3, 0.4) is 0 Å². The Labute approximate surface area is 77.8 Å². The van der Waals surface area contributed by atoms with E-state index in [0.29, 0.717) is 5.31 Å². The first-order chi connectivity index (χ1) is 5.58. The molecule has 0 fully saturated rings. The zero-order valence-corrected chi connectivity index (χ0v) is 8.96. The number of hydrogen-bond acceptors (Lipinski definition) is 0. The minimum atomic E-state index is 0.342. The van der Waals surface area contributed by atoms with E-state index < -0.39 is 0 Å². The summed E-state index contributed by atoms with van der Waals surface area (Å²) in [6.07, 6.45) is 0. The molecule has 0 aliphatic heterocycles.